The Morgan fingerprint density at radius 3 is 2.48 bits per heavy atom. The number of nitrogens with zero attached hydrogens (tertiary/aromatic N) is 2. The molecule has 7 heteroatoms. The number of carbonyl (C=O) groups excluding carboxylic acids is 1. The van der Waals surface area contributed by atoms with Gasteiger partial charge in [0.1, 0.15) is 6.61 Å². The number of alkyl halides is 3. The number of rotatable bonds is 6. The van der Waals surface area contributed by atoms with Gasteiger partial charge in [-0.15, -0.1) is 0 Å². The van der Waals surface area contributed by atoms with Gasteiger partial charge >= 0.3 is 12.1 Å². The molecule has 0 saturated heterocycles. The van der Waals surface area contributed by atoms with Crippen molar-refractivity contribution >= 4 is 5.97 Å². The first kappa shape index (κ1) is 18.7. The van der Waals surface area contributed by atoms with E-state index in [1.807, 2.05) is 36.5 Å². The maximum Gasteiger partial charge on any atom is 0.416 e. The normalized spacial score (nSPS) is 11.4. The molecule has 3 rings (SSSR count). The highest BCUT2D eigenvalue weighted by atomic mass is 19.4. The first-order valence-corrected chi connectivity index (χ1v) is 8.33. The first-order chi connectivity index (χ1) is 12.9. The van der Waals surface area contributed by atoms with Crippen molar-refractivity contribution in [3.8, 4) is 5.69 Å². The van der Waals surface area contributed by atoms with Crippen LogP contribution in [-0.4, -0.2) is 15.7 Å². The SMILES string of the molecule is O=C(CCc1cnn(-c2ccccc2)c1)OCc1ccccc1C(F)(F)F. The molecule has 0 spiro atoms. The lowest BCUT2D eigenvalue weighted by atomic mass is 10.1. The van der Waals surface area contributed by atoms with Gasteiger partial charge in [0.2, 0.25) is 0 Å². The molecule has 0 amide bonds. The smallest absolute Gasteiger partial charge is 0.416 e. The molecule has 1 heterocycles. The number of hydrogen-bond donors (Lipinski definition) is 0. The number of para-hydroxylation sites is 1. The van der Waals surface area contributed by atoms with E-state index >= 15 is 0 Å². The van der Waals surface area contributed by atoms with Crippen molar-refractivity contribution in [2.75, 3.05) is 0 Å². The third kappa shape index (κ3) is 4.97. The van der Waals surface area contributed by atoms with E-state index in [4.69, 9.17) is 4.74 Å². The molecule has 1 aromatic heterocycles. The highest BCUT2D eigenvalue weighted by molar-refractivity contribution is 5.69. The van der Waals surface area contributed by atoms with E-state index in [2.05, 4.69) is 5.10 Å². The minimum Gasteiger partial charge on any atom is -0.461 e. The summed E-state index contributed by atoms with van der Waals surface area (Å²) in [5.41, 5.74) is 0.888. The van der Waals surface area contributed by atoms with Crippen molar-refractivity contribution in [3.63, 3.8) is 0 Å². The molecule has 3 aromatic rings. The largest absolute Gasteiger partial charge is 0.461 e. The van der Waals surface area contributed by atoms with Crippen LogP contribution in [0.25, 0.3) is 5.69 Å². The maximum atomic E-state index is 12.9. The molecule has 4 nitrogen and oxygen atoms in total. The average Bonchev–Trinajstić information content (AvgIpc) is 3.14. The van der Waals surface area contributed by atoms with Crippen LogP contribution >= 0.6 is 0 Å². The first-order valence-electron chi connectivity index (χ1n) is 8.33. The number of carbonyl (C=O) groups is 1. The molecular formula is C20H17F3N2O2. The molecule has 140 valence electrons. The lowest BCUT2D eigenvalue weighted by Gasteiger charge is -2.12. The fourth-order valence-electron chi connectivity index (χ4n) is 2.61. The molecule has 0 N–H and O–H groups in total. The number of hydrogen-bond acceptors (Lipinski definition) is 3. The second-order valence-corrected chi connectivity index (χ2v) is 5.94. The molecule has 0 radical (unpaired) electrons. The van der Waals surface area contributed by atoms with Crippen LogP contribution in [0.2, 0.25) is 0 Å². The third-order valence-corrected chi connectivity index (χ3v) is 3.99. The Hall–Kier alpha value is -3.09. The topological polar surface area (TPSA) is 44.1 Å². The van der Waals surface area contributed by atoms with Gasteiger partial charge in [0.05, 0.1) is 17.4 Å². The standard InChI is InChI=1S/C20H17F3N2O2/c21-20(22,23)18-9-5-4-6-16(18)14-27-19(26)11-10-15-12-24-25(13-15)17-7-2-1-3-8-17/h1-9,12-13H,10-11,14H2. The van der Waals surface area contributed by atoms with Gasteiger partial charge in [-0.1, -0.05) is 36.4 Å². The molecule has 0 fully saturated rings. The summed E-state index contributed by atoms with van der Waals surface area (Å²) in [6.45, 7) is -0.405. The van der Waals surface area contributed by atoms with E-state index in [9.17, 15) is 18.0 Å². The van der Waals surface area contributed by atoms with Crippen molar-refractivity contribution in [2.45, 2.75) is 25.6 Å². The Balaban J connectivity index is 1.53. The van der Waals surface area contributed by atoms with Gasteiger partial charge in [-0.3, -0.25) is 4.79 Å². The Morgan fingerprint density at radius 2 is 1.74 bits per heavy atom. The van der Waals surface area contributed by atoms with Crippen molar-refractivity contribution < 1.29 is 22.7 Å². The Bertz CT molecular complexity index is 905. The van der Waals surface area contributed by atoms with Crippen LogP contribution in [0.5, 0.6) is 0 Å². The molecule has 0 atom stereocenters. The summed E-state index contributed by atoms with van der Waals surface area (Å²) < 4.78 is 45.5. The van der Waals surface area contributed by atoms with Crippen molar-refractivity contribution in [1.29, 1.82) is 0 Å². The third-order valence-electron chi connectivity index (χ3n) is 3.99. The predicted octanol–water partition coefficient (Wildman–Crippen LogP) is 4.57. The number of aromatic nitrogens is 2. The second kappa shape index (κ2) is 8.07. The lowest BCUT2D eigenvalue weighted by molar-refractivity contribution is -0.147. The Morgan fingerprint density at radius 1 is 1.04 bits per heavy atom. The number of esters is 1. The molecule has 2 aromatic carbocycles. The molecule has 0 unspecified atom stereocenters. The summed E-state index contributed by atoms with van der Waals surface area (Å²) in [7, 11) is 0. The maximum absolute atomic E-state index is 12.9. The molecule has 0 bridgehead atoms. The lowest BCUT2D eigenvalue weighted by Crippen LogP contribution is -2.12. The van der Waals surface area contributed by atoms with Crippen molar-refractivity contribution in [2.24, 2.45) is 0 Å². The van der Waals surface area contributed by atoms with Gasteiger partial charge in [-0.05, 0) is 30.2 Å². The number of ether oxygens (including phenoxy) is 1. The zero-order chi connectivity index (χ0) is 19.3. The minimum absolute atomic E-state index is 0.0600. The fraction of sp³-hybridized carbons (Fsp3) is 0.200. The van der Waals surface area contributed by atoms with E-state index in [1.54, 1.807) is 10.9 Å². The van der Waals surface area contributed by atoms with Crippen LogP contribution in [0.4, 0.5) is 13.2 Å². The van der Waals surface area contributed by atoms with E-state index in [-0.39, 0.29) is 12.0 Å². The fourth-order valence-corrected chi connectivity index (χ4v) is 2.61. The molecule has 0 aliphatic heterocycles. The second-order valence-electron chi connectivity index (χ2n) is 5.94. The molecule has 27 heavy (non-hydrogen) atoms. The van der Waals surface area contributed by atoms with Gasteiger partial charge in [-0.2, -0.15) is 18.3 Å². The highest BCUT2D eigenvalue weighted by Gasteiger charge is 2.33. The van der Waals surface area contributed by atoms with E-state index < -0.39 is 24.3 Å². The van der Waals surface area contributed by atoms with Crippen molar-refractivity contribution in [3.05, 3.63) is 83.7 Å². The van der Waals surface area contributed by atoms with Gasteiger partial charge in [0, 0.05) is 18.2 Å². The quantitative estimate of drug-likeness (QED) is 0.594. The van der Waals surface area contributed by atoms with E-state index in [0.29, 0.717) is 6.42 Å². The van der Waals surface area contributed by atoms with E-state index in [0.717, 1.165) is 17.3 Å². The van der Waals surface area contributed by atoms with Crippen LogP contribution < -0.4 is 0 Å². The van der Waals surface area contributed by atoms with Crippen LogP contribution in [0, 0.1) is 0 Å². The van der Waals surface area contributed by atoms with Gasteiger partial charge < -0.3 is 4.74 Å². The van der Waals surface area contributed by atoms with Gasteiger partial charge in [0.25, 0.3) is 0 Å². The summed E-state index contributed by atoms with van der Waals surface area (Å²) in [6.07, 6.45) is -0.558. The van der Waals surface area contributed by atoms with Crippen LogP contribution in [-0.2, 0) is 28.7 Å². The van der Waals surface area contributed by atoms with Gasteiger partial charge in [-0.25, -0.2) is 4.68 Å². The van der Waals surface area contributed by atoms with Gasteiger partial charge in [0.15, 0.2) is 0 Å². The highest BCUT2D eigenvalue weighted by Crippen LogP contribution is 2.32. The summed E-state index contributed by atoms with van der Waals surface area (Å²) in [4.78, 5) is 11.9. The number of aryl methyl sites for hydroxylation is 1. The minimum atomic E-state index is -4.48. The molecular weight excluding hydrogens is 357 g/mol. The Labute approximate surface area is 154 Å². The van der Waals surface area contributed by atoms with Crippen molar-refractivity contribution in [1.82, 2.24) is 9.78 Å². The summed E-state index contributed by atoms with van der Waals surface area (Å²) in [5.74, 6) is -0.556. The van der Waals surface area contributed by atoms with Crippen LogP contribution in [0.3, 0.4) is 0 Å². The number of benzene rings is 2. The van der Waals surface area contributed by atoms with Crippen LogP contribution in [0.15, 0.2) is 67.0 Å². The summed E-state index contributed by atoms with van der Waals surface area (Å²) >= 11 is 0. The molecule has 0 saturated carbocycles. The zero-order valence-electron chi connectivity index (χ0n) is 14.3. The van der Waals surface area contributed by atoms with Crippen LogP contribution in [0.1, 0.15) is 23.1 Å². The average molecular weight is 374 g/mol. The molecule has 0 aliphatic carbocycles. The molecule has 0 aliphatic rings. The predicted molar refractivity (Wildman–Crippen MR) is 93.1 cm³/mol. The monoisotopic (exact) mass is 374 g/mol. The Kier molecular flexibility index (Phi) is 5.59. The number of halogens is 3. The summed E-state index contributed by atoms with van der Waals surface area (Å²) in [5, 5.41) is 4.24. The van der Waals surface area contributed by atoms with E-state index in [1.165, 1.54) is 18.2 Å². The zero-order valence-corrected chi connectivity index (χ0v) is 14.3. The summed E-state index contributed by atoms with van der Waals surface area (Å²) in [6, 6.07) is 14.6.